The quantitative estimate of drug-likeness (QED) is 0.810. The number of likely N-dealkylation sites (tertiary alicyclic amines) is 1. The van der Waals surface area contributed by atoms with E-state index in [1.165, 1.54) is 18.7 Å². The molecular weight excluding hydrogens is 212 g/mol. The van der Waals surface area contributed by atoms with E-state index in [4.69, 9.17) is 0 Å². The predicted molar refractivity (Wildman–Crippen MR) is 71.3 cm³/mol. The Morgan fingerprint density at radius 2 is 2.18 bits per heavy atom. The van der Waals surface area contributed by atoms with Crippen molar-refractivity contribution in [2.45, 2.75) is 26.2 Å². The van der Waals surface area contributed by atoms with E-state index in [-0.39, 0.29) is 0 Å². The van der Waals surface area contributed by atoms with Gasteiger partial charge in [0, 0.05) is 37.8 Å². The van der Waals surface area contributed by atoms with Crippen LogP contribution in [0, 0.1) is 0 Å². The molecule has 1 aromatic heterocycles. The predicted octanol–water partition coefficient (Wildman–Crippen LogP) is 2.36. The molecule has 4 heteroatoms. The van der Waals surface area contributed by atoms with Gasteiger partial charge in [0.25, 0.3) is 0 Å². The Hall–Kier alpha value is -1.42. The van der Waals surface area contributed by atoms with Crippen LogP contribution in [-0.2, 0) is 0 Å². The van der Waals surface area contributed by atoms with Crippen molar-refractivity contribution in [3.63, 3.8) is 0 Å². The summed E-state index contributed by atoms with van der Waals surface area (Å²) in [6.45, 7) is 5.71. The number of hydrogen-bond donors (Lipinski definition) is 1. The smallest absolute Gasteiger partial charge is 0.146 e. The fourth-order valence-electron chi connectivity index (χ4n) is 2.03. The molecule has 0 spiro atoms. The number of anilines is 1. The summed E-state index contributed by atoms with van der Waals surface area (Å²) in [5.41, 5.74) is 4.27. The number of hydrazone groups is 1. The number of aromatic nitrogens is 1. The van der Waals surface area contributed by atoms with Crippen LogP contribution in [0.25, 0.3) is 0 Å². The van der Waals surface area contributed by atoms with Crippen molar-refractivity contribution in [3.8, 4) is 0 Å². The second-order valence-corrected chi connectivity index (χ2v) is 4.35. The van der Waals surface area contributed by atoms with E-state index < -0.39 is 0 Å². The molecule has 1 fully saturated rings. The van der Waals surface area contributed by atoms with Gasteiger partial charge < -0.3 is 4.90 Å². The standard InChI is InChI=1S/C13H20N4/c1-2-9-17-10-6-12(7-11-17)15-16-13-5-3-4-8-14-13/h3-5,8H,2,6-7,9-11H2,1H3,(H,14,16). The molecule has 92 valence electrons. The van der Waals surface area contributed by atoms with Crippen LogP contribution in [0.15, 0.2) is 29.5 Å². The zero-order valence-corrected chi connectivity index (χ0v) is 10.4. The maximum atomic E-state index is 4.43. The molecule has 0 bridgehead atoms. The van der Waals surface area contributed by atoms with Crippen molar-refractivity contribution in [2.75, 3.05) is 25.1 Å². The molecule has 17 heavy (non-hydrogen) atoms. The average molecular weight is 232 g/mol. The minimum atomic E-state index is 0.816. The molecule has 1 saturated heterocycles. The van der Waals surface area contributed by atoms with E-state index >= 15 is 0 Å². The molecule has 0 radical (unpaired) electrons. The molecule has 1 N–H and O–H groups in total. The average Bonchev–Trinajstić information content (AvgIpc) is 2.40. The van der Waals surface area contributed by atoms with Gasteiger partial charge in [-0.1, -0.05) is 13.0 Å². The highest BCUT2D eigenvalue weighted by Gasteiger charge is 2.13. The van der Waals surface area contributed by atoms with Gasteiger partial charge in [0.2, 0.25) is 0 Å². The Morgan fingerprint density at radius 1 is 1.35 bits per heavy atom. The van der Waals surface area contributed by atoms with Crippen molar-refractivity contribution in [2.24, 2.45) is 5.10 Å². The highest BCUT2D eigenvalue weighted by atomic mass is 15.3. The summed E-state index contributed by atoms with van der Waals surface area (Å²) in [5.74, 6) is 0.816. The minimum Gasteiger partial charge on any atom is -0.303 e. The van der Waals surface area contributed by atoms with Gasteiger partial charge >= 0.3 is 0 Å². The molecule has 0 aromatic carbocycles. The lowest BCUT2D eigenvalue weighted by Crippen LogP contribution is -2.34. The van der Waals surface area contributed by atoms with E-state index in [9.17, 15) is 0 Å². The molecule has 0 unspecified atom stereocenters. The Kier molecular flexibility index (Phi) is 4.50. The van der Waals surface area contributed by atoms with Crippen LogP contribution in [0.3, 0.4) is 0 Å². The van der Waals surface area contributed by atoms with Crippen molar-refractivity contribution < 1.29 is 0 Å². The second kappa shape index (κ2) is 6.35. The topological polar surface area (TPSA) is 40.5 Å². The summed E-state index contributed by atoms with van der Waals surface area (Å²) in [7, 11) is 0. The zero-order valence-electron chi connectivity index (χ0n) is 10.4. The highest BCUT2D eigenvalue weighted by Crippen LogP contribution is 2.08. The molecule has 0 aliphatic carbocycles. The van der Waals surface area contributed by atoms with Crippen LogP contribution in [0.4, 0.5) is 5.82 Å². The van der Waals surface area contributed by atoms with E-state index in [1.54, 1.807) is 6.20 Å². The Labute approximate surface area is 103 Å². The largest absolute Gasteiger partial charge is 0.303 e. The SMILES string of the molecule is CCCN1CCC(=NNc2ccccn2)CC1. The first-order valence-corrected chi connectivity index (χ1v) is 6.33. The number of hydrogen-bond acceptors (Lipinski definition) is 4. The third kappa shape index (κ3) is 3.82. The minimum absolute atomic E-state index is 0.816. The lowest BCUT2D eigenvalue weighted by molar-refractivity contribution is 0.275. The van der Waals surface area contributed by atoms with E-state index in [0.717, 1.165) is 31.7 Å². The Bertz CT molecular complexity index is 351. The molecule has 1 aromatic rings. The van der Waals surface area contributed by atoms with Gasteiger partial charge in [0.05, 0.1) is 0 Å². The van der Waals surface area contributed by atoms with Crippen LogP contribution in [0.1, 0.15) is 26.2 Å². The first kappa shape index (κ1) is 12.0. The van der Waals surface area contributed by atoms with Crippen LogP contribution in [-0.4, -0.2) is 35.2 Å². The number of nitrogens with one attached hydrogen (secondary N) is 1. The van der Waals surface area contributed by atoms with Gasteiger partial charge in [-0.2, -0.15) is 5.10 Å². The molecule has 1 aliphatic heterocycles. The lowest BCUT2D eigenvalue weighted by Gasteiger charge is -2.26. The monoisotopic (exact) mass is 232 g/mol. The normalized spacial score (nSPS) is 16.9. The third-order valence-corrected chi connectivity index (χ3v) is 2.97. The summed E-state index contributed by atoms with van der Waals surface area (Å²) in [4.78, 5) is 6.68. The van der Waals surface area contributed by atoms with Crippen molar-refractivity contribution in [3.05, 3.63) is 24.4 Å². The molecule has 2 heterocycles. The van der Waals surface area contributed by atoms with Crippen LogP contribution in [0.5, 0.6) is 0 Å². The van der Waals surface area contributed by atoms with E-state index in [1.807, 2.05) is 18.2 Å². The number of piperidine rings is 1. The van der Waals surface area contributed by atoms with Gasteiger partial charge in [0.1, 0.15) is 5.82 Å². The molecular formula is C13H20N4. The first-order valence-electron chi connectivity index (χ1n) is 6.33. The second-order valence-electron chi connectivity index (χ2n) is 4.35. The molecule has 0 saturated carbocycles. The zero-order chi connectivity index (χ0) is 11.9. The van der Waals surface area contributed by atoms with E-state index in [0.29, 0.717) is 0 Å². The van der Waals surface area contributed by atoms with Gasteiger partial charge in [-0.25, -0.2) is 4.98 Å². The maximum Gasteiger partial charge on any atom is 0.146 e. The van der Waals surface area contributed by atoms with Gasteiger partial charge in [-0.05, 0) is 25.1 Å². The Morgan fingerprint density at radius 3 is 2.82 bits per heavy atom. The Balaban J connectivity index is 1.80. The van der Waals surface area contributed by atoms with Crippen LogP contribution < -0.4 is 5.43 Å². The van der Waals surface area contributed by atoms with Gasteiger partial charge in [-0.15, -0.1) is 0 Å². The fourth-order valence-corrected chi connectivity index (χ4v) is 2.03. The molecule has 4 nitrogen and oxygen atoms in total. The van der Waals surface area contributed by atoms with Gasteiger partial charge in [0.15, 0.2) is 0 Å². The fraction of sp³-hybridized carbons (Fsp3) is 0.538. The maximum absolute atomic E-state index is 4.43. The van der Waals surface area contributed by atoms with Crippen LogP contribution >= 0.6 is 0 Å². The molecule has 1 aliphatic rings. The van der Waals surface area contributed by atoms with Gasteiger partial charge in [-0.3, -0.25) is 5.43 Å². The molecule has 2 rings (SSSR count). The molecule has 0 atom stereocenters. The summed E-state index contributed by atoms with van der Waals surface area (Å²) < 4.78 is 0. The van der Waals surface area contributed by atoms with E-state index in [2.05, 4.69) is 27.3 Å². The summed E-state index contributed by atoms with van der Waals surface area (Å²) in [6.07, 6.45) is 5.14. The number of nitrogens with zero attached hydrogens (tertiary/aromatic N) is 3. The first-order chi connectivity index (χ1) is 8.38. The van der Waals surface area contributed by atoms with Crippen LogP contribution in [0.2, 0.25) is 0 Å². The number of rotatable bonds is 4. The number of pyridine rings is 1. The summed E-state index contributed by atoms with van der Waals surface area (Å²) in [6, 6.07) is 5.79. The van der Waals surface area contributed by atoms with Crippen molar-refractivity contribution in [1.82, 2.24) is 9.88 Å². The van der Waals surface area contributed by atoms with Crippen molar-refractivity contribution in [1.29, 1.82) is 0 Å². The molecule has 0 amide bonds. The summed E-state index contributed by atoms with van der Waals surface area (Å²) in [5, 5.41) is 4.43. The highest BCUT2D eigenvalue weighted by molar-refractivity contribution is 5.86. The summed E-state index contributed by atoms with van der Waals surface area (Å²) >= 11 is 0. The third-order valence-electron chi connectivity index (χ3n) is 2.97. The van der Waals surface area contributed by atoms with Crippen molar-refractivity contribution >= 4 is 11.5 Å². The lowest BCUT2D eigenvalue weighted by atomic mass is 10.1.